The zero-order valence-corrected chi connectivity index (χ0v) is 16.7. The van der Waals surface area contributed by atoms with Gasteiger partial charge in [-0.25, -0.2) is 17.7 Å². The third kappa shape index (κ3) is 5.96. The first-order valence-electron chi connectivity index (χ1n) is 8.26. The molecule has 1 saturated heterocycles. The van der Waals surface area contributed by atoms with Crippen molar-refractivity contribution in [1.82, 2.24) is 9.62 Å². The highest BCUT2D eigenvalue weighted by molar-refractivity contribution is 7.99. The van der Waals surface area contributed by atoms with E-state index in [4.69, 9.17) is 15.2 Å². The van der Waals surface area contributed by atoms with Crippen LogP contribution >= 0.6 is 11.8 Å². The van der Waals surface area contributed by atoms with E-state index in [0.29, 0.717) is 31.1 Å². The minimum atomic E-state index is -3.25. The van der Waals surface area contributed by atoms with Gasteiger partial charge in [0, 0.05) is 31.1 Å². The summed E-state index contributed by atoms with van der Waals surface area (Å²) in [5.74, 6) is 3.18. The molecule has 1 heterocycles. The number of hydrogen-bond acceptors (Lipinski definition) is 6. The van der Waals surface area contributed by atoms with Crippen LogP contribution in [0.2, 0.25) is 0 Å². The van der Waals surface area contributed by atoms with Crippen LogP contribution in [-0.2, 0) is 16.6 Å². The summed E-state index contributed by atoms with van der Waals surface area (Å²) in [5, 5.41) is 2.86. The van der Waals surface area contributed by atoms with Gasteiger partial charge < -0.3 is 20.5 Å². The van der Waals surface area contributed by atoms with Gasteiger partial charge in [-0.1, -0.05) is 6.07 Å². The van der Waals surface area contributed by atoms with Crippen LogP contribution in [0.25, 0.3) is 0 Å². The Kier molecular flexibility index (Phi) is 7.85. The minimum Gasteiger partial charge on any atom is -0.493 e. The number of nitrogens with two attached hydrogens (primary N) is 1. The van der Waals surface area contributed by atoms with Gasteiger partial charge in [0.2, 0.25) is 10.0 Å². The molecule has 0 unspecified atom stereocenters. The molecule has 2 rings (SSSR count). The fourth-order valence-corrected chi connectivity index (χ4v) is 4.96. The molecule has 0 amide bonds. The van der Waals surface area contributed by atoms with Crippen molar-refractivity contribution in [3.63, 3.8) is 0 Å². The van der Waals surface area contributed by atoms with Crippen LogP contribution in [0.3, 0.4) is 0 Å². The molecule has 3 N–H and O–H groups in total. The highest BCUT2D eigenvalue weighted by Gasteiger charge is 2.23. The molecule has 0 saturated carbocycles. The summed E-state index contributed by atoms with van der Waals surface area (Å²) in [6.07, 6.45) is 0. The molecule has 1 aromatic rings. The Morgan fingerprint density at radius 2 is 1.96 bits per heavy atom. The molecule has 0 aliphatic carbocycles. The quantitative estimate of drug-likeness (QED) is 0.481. The fourth-order valence-electron chi connectivity index (χ4n) is 2.47. The van der Waals surface area contributed by atoms with Gasteiger partial charge in [0.15, 0.2) is 17.5 Å². The van der Waals surface area contributed by atoms with Gasteiger partial charge in [-0.3, -0.25) is 0 Å². The number of thioether (sulfide) groups is 1. The van der Waals surface area contributed by atoms with Crippen molar-refractivity contribution < 1.29 is 17.9 Å². The lowest BCUT2D eigenvalue weighted by atomic mass is 10.2. The number of hydrogen-bond donors (Lipinski definition) is 2. The predicted molar refractivity (Wildman–Crippen MR) is 106 cm³/mol. The molecule has 0 bridgehead atoms. The van der Waals surface area contributed by atoms with E-state index in [0.717, 1.165) is 17.1 Å². The third-order valence-corrected chi connectivity index (χ3v) is 6.72. The second kappa shape index (κ2) is 9.89. The van der Waals surface area contributed by atoms with Crippen LogP contribution in [0, 0.1) is 0 Å². The maximum absolute atomic E-state index is 12.2. The molecule has 1 aliphatic heterocycles. The molecule has 8 nitrogen and oxygen atoms in total. The average Bonchev–Trinajstić information content (AvgIpc) is 2.66. The van der Waals surface area contributed by atoms with Crippen LogP contribution in [0.4, 0.5) is 0 Å². The number of sulfonamides is 1. The van der Waals surface area contributed by atoms with E-state index < -0.39 is 10.0 Å². The highest BCUT2D eigenvalue weighted by atomic mass is 32.2. The number of benzene rings is 1. The van der Waals surface area contributed by atoms with Gasteiger partial charge in [0.1, 0.15) is 0 Å². The molecule has 1 aliphatic rings. The van der Waals surface area contributed by atoms with Crippen LogP contribution in [-0.4, -0.2) is 69.8 Å². The largest absolute Gasteiger partial charge is 0.493 e. The van der Waals surface area contributed by atoms with Crippen molar-refractivity contribution >= 4 is 27.7 Å². The summed E-state index contributed by atoms with van der Waals surface area (Å²) in [5.41, 5.74) is 6.74. The van der Waals surface area contributed by atoms with Crippen molar-refractivity contribution in [3.05, 3.63) is 23.8 Å². The van der Waals surface area contributed by atoms with E-state index in [-0.39, 0.29) is 18.3 Å². The average molecular weight is 403 g/mol. The fraction of sp³-hybridized carbons (Fsp3) is 0.562. The van der Waals surface area contributed by atoms with Gasteiger partial charge in [0.05, 0.1) is 26.5 Å². The number of nitrogens with zero attached hydrogens (tertiary/aromatic N) is 2. The van der Waals surface area contributed by atoms with Crippen LogP contribution < -0.4 is 20.5 Å². The summed E-state index contributed by atoms with van der Waals surface area (Å²) in [4.78, 5) is 4.23. The van der Waals surface area contributed by atoms with E-state index in [2.05, 4.69) is 10.3 Å². The lowest BCUT2D eigenvalue weighted by molar-refractivity contribution is 0.354. The Labute approximate surface area is 159 Å². The minimum absolute atomic E-state index is 0.00421. The van der Waals surface area contributed by atoms with E-state index in [9.17, 15) is 8.42 Å². The Morgan fingerprint density at radius 3 is 2.62 bits per heavy atom. The maximum Gasteiger partial charge on any atom is 0.215 e. The smallest absolute Gasteiger partial charge is 0.215 e. The van der Waals surface area contributed by atoms with E-state index in [1.54, 1.807) is 36.4 Å². The second-order valence-corrected chi connectivity index (χ2v) is 8.96. The van der Waals surface area contributed by atoms with Crippen molar-refractivity contribution in [2.45, 2.75) is 6.54 Å². The maximum atomic E-state index is 12.2. The number of rotatable bonds is 8. The second-order valence-electron chi connectivity index (χ2n) is 5.65. The van der Waals surface area contributed by atoms with Gasteiger partial charge in [-0.15, -0.1) is 0 Å². The molecule has 1 fully saturated rings. The first kappa shape index (κ1) is 20.7. The molecule has 26 heavy (non-hydrogen) atoms. The summed E-state index contributed by atoms with van der Waals surface area (Å²) in [6.45, 7) is 1.74. The van der Waals surface area contributed by atoms with Crippen LogP contribution in [0.5, 0.6) is 11.5 Å². The van der Waals surface area contributed by atoms with E-state index in [1.165, 1.54) is 0 Å². The lowest BCUT2D eigenvalue weighted by Gasteiger charge is -2.25. The number of methoxy groups -OCH3 is 2. The molecule has 0 atom stereocenters. The number of ether oxygens (including phenoxy) is 2. The van der Waals surface area contributed by atoms with Gasteiger partial charge >= 0.3 is 0 Å². The Hall–Kier alpha value is -1.65. The van der Waals surface area contributed by atoms with Gasteiger partial charge in [-0.2, -0.15) is 11.8 Å². The Balaban J connectivity index is 1.83. The molecule has 0 spiro atoms. The topological polar surface area (TPSA) is 106 Å². The van der Waals surface area contributed by atoms with Crippen molar-refractivity contribution in [1.29, 1.82) is 0 Å². The summed E-state index contributed by atoms with van der Waals surface area (Å²) in [6, 6.07) is 5.50. The van der Waals surface area contributed by atoms with Crippen LogP contribution in [0.1, 0.15) is 5.56 Å². The van der Waals surface area contributed by atoms with Gasteiger partial charge in [-0.05, 0) is 17.7 Å². The Morgan fingerprint density at radius 1 is 1.27 bits per heavy atom. The first-order chi connectivity index (χ1) is 12.5. The Bertz CT molecular complexity index is 719. The molecule has 10 heteroatoms. The predicted octanol–water partition coefficient (Wildman–Crippen LogP) is 0.487. The number of guanidine groups is 1. The van der Waals surface area contributed by atoms with Crippen LogP contribution in [0.15, 0.2) is 23.2 Å². The third-order valence-electron chi connectivity index (χ3n) is 3.91. The molecule has 146 valence electrons. The van der Waals surface area contributed by atoms with E-state index >= 15 is 0 Å². The van der Waals surface area contributed by atoms with Gasteiger partial charge in [0.25, 0.3) is 0 Å². The van der Waals surface area contributed by atoms with Crippen molar-refractivity contribution in [3.8, 4) is 11.5 Å². The molecule has 1 aromatic carbocycles. The highest BCUT2D eigenvalue weighted by Crippen LogP contribution is 2.27. The number of nitrogens with one attached hydrogen (secondary N) is 1. The first-order valence-corrected chi connectivity index (χ1v) is 11.0. The lowest BCUT2D eigenvalue weighted by Crippen LogP contribution is -2.43. The standard InChI is InChI=1S/C16H26N4O4S2/c1-23-14-4-3-13(11-15(14)24-2)12-19-16(17)18-5-10-26(21,22)20-6-8-25-9-7-20/h3-4,11H,5-10,12H2,1-2H3,(H3,17,18,19). The van der Waals surface area contributed by atoms with Crippen molar-refractivity contribution in [2.24, 2.45) is 10.7 Å². The monoisotopic (exact) mass is 402 g/mol. The van der Waals surface area contributed by atoms with Crippen molar-refractivity contribution in [2.75, 3.05) is 51.1 Å². The molecular formula is C16H26N4O4S2. The molecule has 0 radical (unpaired) electrons. The number of aliphatic imine (C=N–C) groups is 1. The molecular weight excluding hydrogens is 376 g/mol. The summed E-state index contributed by atoms with van der Waals surface area (Å²) < 4.78 is 36.5. The molecule has 0 aromatic heterocycles. The zero-order chi connectivity index (χ0) is 19.0. The zero-order valence-electron chi connectivity index (χ0n) is 15.1. The van der Waals surface area contributed by atoms with E-state index in [1.807, 2.05) is 12.1 Å². The summed E-state index contributed by atoms with van der Waals surface area (Å²) >= 11 is 1.78. The normalized spacial score (nSPS) is 16.3. The summed E-state index contributed by atoms with van der Waals surface area (Å²) in [7, 11) is -0.0968. The SMILES string of the molecule is COc1ccc(CN=C(N)NCCS(=O)(=O)N2CCSCC2)cc1OC.